The quantitative estimate of drug-likeness (QED) is 0.902. The smallest absolute Gasteiger partial charge is 0.0740 e. The molecule has 1 fully saturated rings. The van der Waals surface area contributed by atoms with E-state index in [1.54, 1.807) is 0 Å². The molecule has 2 aromatic rings. The second-order valence-electron chi connectivity index (χ2n) is 5.30. The van der Waals surface area contributed by atoms with Crippen molar-refractivity contribution in [3.63, 3.8) is 0 Å². The van der Waals surface area contributed by atoms with Crippen molar-refractivity contribution in [1.82, 2.24) is 9.88 Å². The summed E-state index contributed by atoms with van der Waals surface area (Å²) in [6.45, 7) is 4.82. The van der Waals surface area contributed by atoms with Crippen LogP contribution in [0.25, 0.3) is 10.9 Å². The number of nitrogens with two attached hydrogens (primary N) is 1. The van der Waals surface area contributed by atoms with Gasteiger partial charge in [-0.2, -0.15) is 0 Å². The standard InChI is InChI=1S/C15H18ClN3.2ClH/c1-10-12-4-2-3-5-13(12)18-14(15(10)16)9-19-7-6-11(17)8-19;;/h2-5,11H,6-9,17H2,1H3;2*1H. The third-order valence-electron chi connectivity index (χ3n) is 3.83. The van der Waals surface area contributed by atoms with Gasteiger partial charge in [0.15, 0.2) is 0 Å². The molecule has 116 valence electrons. The van der Waals surface area contributed by atoms with E-state index in [1.165, 1.54) is 0 Å². The van der Waals surface area contributed by atoms with E-state index < -0.39 is 0 Å². The largest absolute Gasteiger partial charge is 0.326 e. The average Bonchev–Trinajstić information content (AvgIpc) is 2.81. The Labute approximate surface area is 142 Å². The Hall–Kier alpha value is -0.580. The molecular formula is C15H20Cl3N3. The van der Waals surface area contributed by atoms with Gasteiger partial charge in [-0.3, -0.25) is 4.90 Å². The van der Waals surface area contributed by atoms with Crippen LogP contribution in [0.3, 0.4) is 0 Å². The minimum Gasteiger partial charge on any atom is -0.326 e. The van der Waals surface area contributed by atoms with Crippen molar-refractivity contribution < 1.29 is 0 Å². The minimum atomic E-state index is 0. The molecule has 21 heavy (non-hydrogen) atoms. The first-order valence-corrected chi connectivity index (χ1v) is 7.04. The van der Waals surface area contributed by atoms with Gasteiger partial charge in [-0.05, 0) is 25.0 Å². The van der Waals surface area contributed by atoms with Crippen molar-refractivity contribution in [3.05, 3.63) is 40.5 Å². The first-order chi connectivity index (χ1) is 9.15. The van der Waals surface area contributed by atoms with E-state index in [2.05, 4.69) is 17.9 Å². The summed E-state index contributed by atoms with van der Waals surface area (Å²) >= 11 is 6.47. The predicted octanol–water partition coefficient (Wildman–Crippen LogP) is 3.57. The molecule has 1 aromatic carbocycles. The van der Waals surface area contributed by atoms with Crippen molar-refractivity contribution >= 4 is 47.3 Å². The summed E-state index contributed by atoms with van der Waals surface area (Å²) in [4.78, 5) is 7.04. The number of rotatable bonds is 2. The Kier molecular flexibility index (Phi) is 6.70. The zero-order valence-electron chi connectivity index (χ0n) is 11.9. The van der Waals surface area contributed by atoms with Crippen molar-refractivity contribution in [1.29, 1.82) is 0 Å². The molecule has 2 N–H and O–H groups in total. The van der Waals surface area contributed by atoms with Crippen LogP contribution in [0.2, 0.25) is 5.02 Å². The molecule has 1 aliphatic heterocycles. The van der Waals surface area contributed by atoms with Crippen LogP contribution in [0.4, 0.5) is 0 Å². The van der Waals surface area contributed by atoms with E-state index in [1.807, 2.05) is 18.2 Å². The van der Waals surface area contributed by atoms with Crippen molar-refractivity contribution in [2.45, 2.75) is 25.9 Å². The number of nitrogens with zero attached hydrogens (tertiary/aromatic N) is 2. The van der Waals surface area contributed by atoms with E-state index >= 15 is 0 Å². The molecule has 0 saturated carbocycles. The monoisotopic (exact) mass is 347 g/mol. The van der Waals surface area contributed by atoms with Crippen LogP contribution >= 0.6 is 36.4 Å². The molecule has 1 unspecified atom stereocenters. The molecule has 1 aliphatic rings. The lowest BCUT2D eigenvalue weighted by Crippen LogP contribution is -2.26. The first-order valence-electron chi connectivity index (χ1n) is 6.67. The summed E-state index contributed by atoms with van der Waals surface area (Å²) in [5, 5.41) is 1.92. The van der Waals surface area contributed by atoms with Crippen molar-refractivity contribution in [3.8, 4) is 0 Å². The Balaban J connectivity index is 0.00000110. The maximum Gasteiger partial charge on any atom is 0.0740 e. The summed E-state index contributed by atoms with van der Waals surface area (Å²) in [6, 6.07) is 8.43. The van der Waals surface area contributed by atoms with Gasteiger partial charge in [0, 0.05) is 31.1 Å². The number of fused-ring (bicyclic) bond motifs is 1. The SMILES string of the molecule is Cc1c(Cl)c(CN2CCC(N)C2)nc2ccccc12.Cl.Cl. The van der Waals surface area contributed by atoms with Gasteiger partial charge < -0.3 is 5.73 Å². The highest BCUT2D eigenvalue weighted by Gasteiger charge is 2.21. The van der Waals surface area contributed by atoms with Crippen LogP contribution in [0.15, 0.2) is 24.3 Å². The molecule has 0 aliphatic carbocycles. The third kappa shape index (κ3) is 3.79. The lowest BCUT2D eigenvalue weighted by atomic mass is 10.1. The summed E-state index contributed by atoms with van der Waals surface area (Å²) in [5.74, 6) is 0. The predicted molar refractivity (Wildman–Crippen MR) is 93.9 cm³/mol. The van der Waals surface area contributed by atoms with Gasteiger partial charge in [0.1, 0.15) is 0 Å². The highest BCUT2D eigenvalue weighted by Crippen LogP contribution is 2.28. The van der Waals surface area contributed by atoms with Crippen molar-refractivity contribution in [2.75, 3.05) is 13.1 Å². The molecule has 6 heteroatoms. The number of benzene rings is 1. The summed E-state index contributed by atoms with van der Waals surface area (Å²) in [6.07, 6.45) is 1.06. The van der Waals surface area contributed by atoms with E-state index in [4.69, 9.17) is 22.3 Å². The van der Waals surface area contributed by atoms with Gasteiger partial charge in [0.25, 0.3) is 0 Å². The molecule has 1 aromatic heterocycles. The number of hydrogen-bond acceptors (Lipinski definition) is 3. The molecule has 0 spiro atoms. The van der Waals surface area contributed by atoms with E-state index in [0.29, 0.717) is 6.04 Å². The van der Waals surface area contributed by atoms with E-state index in [-0.39, 0.29) is 24.8 Å². The molecule has 2 heterocycles. The molecule has 3 nitrogen and oxygen atoms in total. The summed E-state index contributed by atoms with van der Waals surface area (Å²) in [5.41, 5.74) is 9.04. The van der Waals surface area contributed by atoms with Gasteiger partial charge in [0.2, 0.25) is 0 Å². The Morgan fingerprint density at radius 2 is 2.05 bits per heavy atom. The minimum absolute atomic E-state index is 0. The second kappa shape index (κ2) is 7.61. The average molecular weight is 349 g/mol. The Bertz CT molecular complexity index is 618. The number of pyridine rings is 1. The van der Waals surface area contributed by atoms with E-state index in [9.17, 15) is 0 Å². The fourth-order valence-electron chi connectivity index (χ4n) is 2.74. The number of aryl methyl sites for hydroxylation is 1. The topological polar surface area (TPSA) is 42.1 Å². The van der Waals surface area contributed by atoms with Crippen LogP contribution in [0, 0.1) is 6.92 Å². The van der Waals surface area contributed by atoms with Crippen LogP contribution in [-0.2, 0) is 6.54 Å². The molecule has 0 amide bonds. The van der Waals surface area contributed by atoms with Gasteiger partial charge in [-0.25, -0.2) is 4.98 Å². The Morgan fingerprint density at radius 3 is 2.71 bits per heavy atom. The fourth-order valence-corrected chi connectivity index (χ4v) is 2.94. The number of para-hydroxylation sites is 1. The lowest BCUT2D eigenvalue weighted by molar-refractivity contribution is 0.323. The molecular weight excluding hydrogens is 329 g/mol. The highest BCUT2D eigenvalue weighted by molar-refractivity contribution is 6.32. The maximum absolute atomic E-state index is 6.47. The van der Waals surface area contributed by atoms with Crippen LogP contribution in [0.1, 0.15) is 17.7 Å². The van der Waals surface area contributed by atoms with Gasteiger partial charge in [-0.15, -0.1) is 24.8 Å². The second-order valence-corrected chi connectivity index (χ2v) is 5.68. The third-order valence-corrected chi connectivity index (χ3v) is 4.33. The molecule has 1 saturated heterocycles. The van der Waals surface area contributed by atoms with Gasteiger partial charge in [-0.1, -0.05) is 29.8 Å². The number of hydrogen-bond donors (Lipinski definition) is 1. The van der Waals surface area contributed by atoms with Gasteiger partial charge >= 0.3 is 0 Å². The fraction of sp³-hybridized carbons (Fsp3) is 0.400. The van der Waals surface area contributed by atoms with Crippen LogP contribution in [0.5, 0.6) is 0 Å². The molecule has 0 bridgehead atoms. The zero-order valence-corrected chi connectivity index (χ0v) is 14.3. The number of aromatic nitrogens is 1. The zero-order chi connectivity index (χ0) is 13.4. The summed E-state index contributed by atoms with van der Waals surface area (Å²) in [7, 11) is 0. The van der Waals surface area contributed by atoms with Crippen LogP contribution in [-0.4, -0.2) is 29.0 Å². The van der Waals surface area contributed by atoms with E-state index in [0.717, 1.165) is 53.2 Å². The maximum atomic E-state index is 6.47. The van der Waals surface area contributed by atoms with Gasteiger partial charge in [0.05, 0.1) is 16.2 Å². The van der Waals surface area contributed by atoms with Crippen molar-refractivity contribution in [2.24, 2.45) is 5.73 Å². The number of likely N-dealkylation sites (tertiary alicyclic amines) is 1. The first kappa shape index (κ1) is 18.5. The normalized spacial score (nSPS) is 18.3. The highest BCUT2D eigenvalue weighted by atomic mass is 35.5. The molecule has 3 rings (SSSR count). The number of halogens is 3. The Morgan fingerprint density at radius 1 is 1.33 bits per heavy atom. The molecule has 0 radical (unpaired) electrons. The lowest BCUT2D eigenvalue weighted by Gasteiger charge is -2.17. The molecule has 1 atom stereocenters. The van der Waals surface area contributed by atoms with Crippen LogP contribution < -0.4 is 5.73 Å². The summed E-state index contributed by atoms with van der Waals surface area (Å²) < 4.78 is 0.